The maximum Gasteiger partial charge on any atom is 0.410 e. The van der Waals surface area contributed by atoms with Crippen molar-refractivity contribution in [1.29, 1.82) is 0 Å². The molecule has 166 valence electrons. The Bertz CT molecular complexity index is 1240. The van der Waals surface area contributed by atoms with Gasteiger partial charge in [-0.2, -0.15) is 0 Å². The fraction of sp³-hybridized carbons (Fsp3) is 0.391. The molecule has 0 bridgehead atoms. The van der Waals surface area contributed by atoms with Gasteiger partial charge in [0, 0.05) is 23.5 Å². The Balaban J connectivity index is 1.44. The van der Waals surface area contributed by atoms with Gasteiger partial charge in [0.2, 0.25) is 0 Å². The third-order valence-electron chi connectivity index (χ3n) is 5.43. The molecule has 8 nitrogen and oxygen atoms in total. The number of nitrogens with one attached hydrogen (secondary N) is 2. The summed E-state index contributed by atoms with van der Waals surface area (Å²) in [5.41, 5.74) is 4.11. The molecule has 32 heavy (non-hydrogen) atoms. The normalized spacial score (nSPS) is 15.5. The van der Waals surface area contributed by atoms with Crippen LogP contribution in [0.15, 0.2) is 24.2 Å². The summed E-state index contributed by atoms with van der Waals surface area (Å²) >= 11 is 1.61. The van der Waals surface area contributed by atoms with Crippen LogP contribution in [0.4, 0.5) is 22.1 Å². The van der Waals surface area contributed by atoms with E-state index in [1.165, 1.54) is 11.1 Å². The number of carbonyl (C=O) groups excluding carboxylic acids is 1. The Hall–Kier alpha value is -3.20. The van der Waals surface area contributed by atoms with E-state index in [9.17, 15) is 4.79 Å². The molecule has 2 aliphatic rings. The van der Waals surface area contributed by atoms with E-state index in [1.807, 2.05) is 33.0 Å². The molecule has 3 aromatic heterocycles. The van der Waals surface area contributed by atoms with E-state index in [1.54, 1.807) is 22.6 Å². The number of hydrogen-bond donors (Lipinski definition) is 2. The average molecular weight is 451 g/mol. The van der Waals surface area contributed by atoms with Crippen molar-refractivity contribution in [3.8, 4) is 0 Å². The SMILES string of the molecule is CC1=Cc2cc(Nc3ncnc4sc5c(c34)CCN(C(=O)OC(C)(C)C)C5)ncc2NC1. The average Bonchev–Trinajstić information content (AvgIpc) is 3.11. The molecule has 2 aliphatic heterocycles. The van der Waals surface area contributed by atoms with E-state index in [4.69, 9.17) is 4.74 Å². The zero-order chi connectivity index (χ0) is 22.5. The van der Waals surface area contributed by atoms with Gasteiger partial charge in [0.25, 0.3) is 0 Å². The number of aromatic nitrogens is 3. The van der Waals surface area contributed by atoms with Crippen molar-refractivity contribution in [3.63, 3.8) is 0 Å². The topological polar surface area (TPSA) is 92.3 Å². The van der Waals surface area contributed by atoms with Crippen molar-refractivity contribution in [1.82, 2.24) is 19.9 Å². The maximum atomic E-state index is 12.5. The number of ether oxygens (including phenoxy) is 1. The van der Waals surface area contributed by atoms with Crippen molar-refractivity contribution in [2.45, 2.75) is 46.3 Å². The highest BCUT2D eigenvalue weighted by atomic mass is 32.1. The van der Waals surface area contributed by atoms with E-state index >= 15 is 0 Å². The van der Waals surface area contributed by atoms with Crippen LogP contribution in [0.1, 0.15) is 43.7 Å². The number of amides is 1. The fourth-order valence-corrected chi connectivity index (χ4v) is 5.19. The largest absolute Gasteiger partial charge is 0.444 e. The van der Waals surface area contributed by atoms with E-state index in [-0.39, 0.29) is 6.09 Å². The Morgan fingerprint density at radius 3 is 2.94 bits per heavy atom. The monoisotopic (exact) mass is 450 g/mol. The predicted molar refractivity (Wildman–Crippen MR) is 127 cm³/mol. The van der Waals surface area contributed by atoms with Crippen LogP contribution in [0.3, 0.4) is 0 Å². The number of pyridine rings is 1. The van der Waals surface area contributed by atoms with Crippen LogP contribution in [0.2, 0.25) is 0 Å². The van der Waals surface area contributed by atoms with E-state index in [2.05, 4.69) is 38.6 Å². The lowest BCUT2D eigenvalue weighted by atomic mass is 10.1. The number of hydrogen-bond acceptors (Lipinski definition) is 8. The maximum absolute atomic E-state index is 12.5. The molecule has 1 amide bonds. The summed E-state index contributed by atoms with van der Waals surface area (Å²) in [6, 6.07) is 2.03. The fourth-order valence-electron chi connectivity index (χ4n) is 3.98. The molecule has 3 aromatic rings. The second-order valence-electron chi connectivity index (χ2n) is 9.18. The highest BCUT2D eigenvalue weighted by Gasteiger charge is 2.29. The van der Waals surface area contributed by atoms with E-state index in [0.29, 0.717) is 13.1 Å². The van der Waals surface area contributed by atoms with Crippen molar-refractivity contribution in [2.24, 2.45) is 0 Å². The first-order valence-corrected chi connectivity index (χ1v) is 11.5. The lowest BCUT2D eigenvalue weighted by Crippen LogP contribution is -2.39. The minimum atomic E-state index is -0.509. The molecule has 5 heterocycles. The summed E-state index contributed by atoms with van der Waals surface area (Å²) in [5, 5.41) is 7.78. The van der Waals surface area contributed by atoms with Gasteiger partial charge in [-0.05, 0) is 45.7 Å². The molecule has 0 atom stereocenters. The molecule has 0 unspecified atom stereocenters. The molecule has 5 rings (SSSR count). The lowest BCUT2D eigenvalue weighted by Gasteiger charge is -2.30. The van der Waals surface area contributed by atoms with Gasteiger partial charge in [-0.1, -0.05) is 11.6 Å². The molecule has 0 spiro atoms. The molecular weight excluding hydrogens is 424 g/mol. The van der Waals surface area contributed by atoms with Crippen molar-refractivity contribution >= 4 is 51.0 Å². The Kier molecular flexibility index (Phi) is 5.00. The molecule has 2 N–H and O–H groups in total. The molecule has 0 radical (unpaired) electrons. The van der Waals surface area contributed by atoms with Crippen LogP contribution in [-0.2, 0) is 17.7 Å². The summed E-state index contributed by atoms with van der Waals surface area (Å²) in [5.74, 6) is 1.48. The predicted octanol–water partition coefficient (Wildman–Crippen LogP) is 4.95. The standard InChI is InChI=1S/C23H26N6O2S/c1-13-7-14-8-18(25-10-16(14)24-9-13)28-20-19-15-5-6-29(22(30)31-23(2,3)4)11-17(15)32-21(19)27-12-26-20/h7-8,10,12,24H,5-6,9,11H2,1-4H3,(H,25,26,27,28). The van der Waals surface area contributed by atoms with Crippen molar-refractivity contribution in [2.75, 3.05) is 23.7 Å². The minimum Gasteiger partial charge on any atom is -0.444 e. The summed E-state index contributed by atoms with van der Waals surface area (Å²) < 4.78 is 5.56. The van der Waals surface area contributed by atoms with Crippen LogP contribution in [0, 0.1) is 0 Å². The Morgan fingerprint density at radius 1 is 1.28 bits per heavy atom. The van der Waals surface area contributed by atoms with Crippen molar-refractivity contribution < 1.29 is 9.53 Å². The number of rotatable bonds is 2. The van der Waals surface area contributed by atoms with Crippen LogP contribution in [0.25, 0.3) is 16.3 Å². The minimum absolute atomic E-state index is 0.278. The van der Waals surface area contributed by atoms with Crippen LogP contribution in [-0.4, -0.2) is 44.6 Å². The van der Waals surface area contributed by atoms with Crippen LogP contribution < -0.4 is 10.6 Å². The first-order valence-electron chi connectivity index (χ1n) is 10.7. The third kappa shape index (κ3) is 4.00. The molecule has 0 saturated carbocycles. The van der Waals surface area contributed by atoms with Gasteiger partial charge in [0.05, 0.1) is 23.8 Å². The zero-order valence-electron chi connectivity index (χ0n) is 18.7. The molecule has 0 aliphatic carbocycles. The second kappa shape index (κ2) is 7.74. The van der Waals surface area contributed by atoms with Gasteiger partial charge in [0.1, 0.15) is 28.4 Å². The molecule has 0 fully saturated rings. The van der Waals surface area contributed by atoms with E-state index < -0.39 is 5.60 Å². The third-order valence-corrected chi connectivity index (χ3v) is 6.56. The Morgan fingerprint density at radius 2 is 2.12 bits per heavy atom. The summed E-state index contributed by atoms with van der Waals surface area (Å²) in [6.45, 7) is 9.73. The van der Waals surface area contributed by atoms with Gasteiger partial charge in [-0.15, -0.1) is 11.3 Å². The van der Waals surface area contributed by atoms with Gasteiger partial charge >= 0.3 is 6.09 Å². The van der Waals surface area contributed by atoms with Gasteiger partial charge < -0.3 is 20.3 Å². The highest BCUT2D eigenvalue weighted by molar-refractivity contribution is 7.19. The number of thiophene rings is 1. The summed E-state index contributed by atoms with van der Waals surface area (Å²) in [6.07, 6.45) is 6.05. The molecule has 0 saturated heterocycles. The quantitative estimate of drug-likeness (QED) is 0.570. The van der Waals surface area contributed by atoms with Crippen LogP contribution >= 0.6 is 11.3 Å². The molecular formula is C23H26N6O2S. The number of nitrogens with zero attached hydrogens (tertiary/aromatic N) is 4. The first-order chi connectivity index (χ1) is 15.3. The lowest BCUT2D eigenvalue weighted by molar-refractivity contribution is 0.0227. The van der Waals surface area contributed by atoms with Gasteiger partial charge in [-0.3, -0.25) is 0 Å². The van der Waals surface area contributed by atoms with Crippen molar-refractivity contribution in [3.05, 3.63) is 40.2 Å². The summed E-state index contributed by atoms with van der Waals surface area (Å²) in [7, 11) is 0. The highest BCUT2D eigenvalue weighted by Crippen LogP contribution is 2.38. The number of fused-ring (bicyclic) bond motifs is 4. The van der Waals surface area contributed by atoms with Gasteiger partial charge in [-0.25, -0.2) is 19.7 Å². The van der Waals surface area contributed by atoms with E-state index in [0.717, 1.165) is 50.9 Å². The summed E-state index contributed by atoms with van der Waals surface area (Å²) in [4.78, 5) is 29.9. The zero-order valence-corrected chi connectivity index (χ0v) is 19.5. The smallest absolute Gasteiger partial charge is 0.410 e. The van der Waals surface area contributed by atoms with Gasteiger partial charge in [0.15, 0.2) is 0 Å². The molecule has 9 heteroatoms. The molecule has 0 aromatic carbocycles. The van der Waals surface area contributed by atoms with Crippen LogP contribution in [0.5, 0.6) is 0 Å². The first kappa shape index (κ1) is 20.7. The number of carbonyl (C=O) groups is 1. The Labute approximate surface area is 190 Å². The number of anilines is 3. The second-order valence-corrected chi connectivity index (χ2v) is 10.3.